The van der Waals surface area contributed by atoms with Crippen LogP contribution in [-0.4, -0.2) is 19.2 Å². The second kappa shape index (κ2) is 5.46. The van der Waals surface area contributed by atoms with E-state index in [9.17, 15) is 4.79 Å². The van der Waals surface area contributed by atoms with E-state index in [2.05, 4.69) is 10.2 Å². The molecule has 0 bridgehead atoms. The quantitative estimate of drug-likeness (QED) is 0.561. The van der Waals surface area contributed by atoms with Crippen molar-refractivity contribution in [3.63, 3.8) is 0 Å². The number of aryl methyl sites for hydroxylation is 2. The van der Waals surface area contributed by atoms with Crippen molar-refractivity contribution in [3.8, 4) is 5.69 Å². The van der Waals surface area contributed by atoms with E-state index < -0.39 is 0 Å². The molecular weight excluding hydrogens is 324 g/mol. The maximum Gasteiger partial charge on any atom is 0.267 e. The largest absolute Gasteiger partial charge is 0.268 e. The molecule has 5 nitrogen and oxygen atoms in total. The van der Waals surface area contributed by atoms with Crippen LogP contribution in [0.1, 0.15) is 18.3 Å². The highest BCUT2D eigenvalue weighted by molar-refractivity contribution is 6.33. The van der Waals surface area contributed by atoms with E-state index in [1.165, 1.54) is 0 Å². The molecule has 120 valence electrons. The minimum Gasteiger partial charge on any atom is -0.268 e. The van der Waals surface area contributed by atoms with Crippen LogP contribution in [0.3, 0.4) is 0 Å². The Morgan fingerprint density at radius 2 is 1.88 bits per heavy atom. The van der Waals surface area contributed by atoms with Crippen LogP contribution in [0.25, 0.3) is 22.4 Å². The predicted octanol–water partition coefficient (Wildman–Crippen LogP) is 3.56. The van der Waals surface area contributed by atoms with Gasteiger partial charge in [-0.05, 0) is 30.7 Å². The molecule has 0 atom stereocenters. The lowest BCUT2D eigenvalue weighted by molar-refractivity contribution is 0.917. The third kappa shape index (κ3) is 1.98. The molecule has 0 saturated carbocycles. The van der Waals surface area contributed by atoms with Gasteiger partial charge in [0.15, 0.2) is 0 Å². The highest BCUT2D eigenvalue weighted by atomic mass is 35.5. The van der Waals surface area contributed by atoms with Gasteiger partial charge in [0.05, 0.1) is 21.6 Å². The summed E-state index contributed by atoms with van der Waals surface area (Å²) >= 11 is 6.47. The number of hydrogen-bond acceptors (Lipinski definition) is 3. The Hall–Kier alpha value is -2.66. The normalized spacial score (nSPS) is 11.5. The molecule has 0 aliphatic carbocycles. The highest BCUT2D eigenvalue weighted by Crippen LogP contribution is 2.25. The van der Waals surface area contributed by atoms with E-state index in [-0.39, 0.29) is 5.56 Å². The first-order chi connectivity index (χ1) is 11.6. The summed E-state index contributed by atoms with van der Waals surface area (Å²) in [6.45, 7) is 3.93. The van der Waals surface area contributed by atoms with E-state index in [0.29, 0.717) is 28.3 Å². The minimum absolute atomic E-state index is 0.152. The van der Waals surface area contributed by atoms with Gasteiger partial charge in [0.1, 0.15) is 5.82 Å². The molecule has 0 amide bonds. The van der Waals surface area contributed by atoms with Gasteiger partial charge in [0.2, 0.25) is 5.78 Å². The van der Waals surface area contributed by atoms with Crippen LogP contribution in [0.2, 0.25) is 5.02 Å². The van der Waals surface area contributed by atoms with Crippen molar-refractivity contribution in [2.45, 2.75) is 20.3 Å². The van der Waals surface area contributed by atoms with E-state index >= 15 is 0 Å². The highest BCUT2D eigenvalue weighted by Gasteiger charge is 2.18. The van der Waals surface area contributed by atoms with Gasteiger partial charge in [-0.1, -0.05) is 42.8 Å². The molecular formula is C18H15ClN4O. The Morgan fingerprint density at radius 1 is 1.08 bits per heavy atom. The van der Waals surface area contributed by atoms with Gasteiger partial charge in [0, 0.05) is 6.42 Å². The smallest absolute Gasteiger partial charge is 0.267 e. The lowest BCUT2D eigenvalue weighted by Gasteiger charge is -2.13. The van der Waals surface area contributed by atoms with Crippen LogP contribution >= 0.6 is 11.6 Å². The molecule has 2 aromatic carbocycles. The van der Waals surface area contributed by atoms with Crippen molar-refractivity contribution in [1.29, 1.82) is 0 Å². The molecule has 0 unspecified atom stereocenters. The second-order valence-corrected chi connectivity index (χ2v) is 6.05. The number of para-hydroxylation sites is 1. The van der Waals surface area contributed by atoms with E-state index in [1.54, 1.807) is 4.57 Å². The van der Waals surface area contributed by atoms with Gasteiger partial charge in [0.25, 0.3) is 5.56 Å². The summed E-state index contributed by atoms with van der Waals surface area (Å²) < 4.78 is 3.47. The molecule has 4 aromatic rings. The fraction of sp³-hybridized carbons (Fsp3) is 0.167. The van der Waals surface area contributed by atoms with Gasteiger partial charge in [-0.25, -0.2) is 4.57 Å². The Balaban J connectivity index is 2.27. The zero-order valence-electron chi connectivity index (χ0n) is 13.3. The van der Waals surface area contributed by atoms with Crippen LogP contribution < -0.4 is 5.56 Å². The van der Waals surface area contributed by atoms with Gasteiger partial charge in [-0.15, -0.1) is 10.2 Å². The predicted molar refractivity (Wildman–Crippen MR) is 95.2 cm³/mol. The first kappa shape index (κ1) is 14.9. The van der Waals surface area contributed by atoms with Crippen LogP contribution in [0.4, 0.5) is 0 Å². The van der Waals surface area contributed by atoms with Crippen LogP contribution in [0.15, 0.2) is 47.3 Å². The monoisotopic (exact) mass is 338 g/mol. The fourth-order valence-corrected chi connectivity index (χ4v) is 3.22. The maximum atomic E-state index is 13.1. The zero-order chi connectivity index (χ0) is 16.8. The topological polar surface area (TPSA) is 52.2 Å². The van der Waals surface area contributed by atoms with Crippen LogP contribution in [0, 0.1) is 6.92 Å². The van der Waals surface area contributed by atoms with Gasteiger partial charge < -0.3 is 0 Å². The van der Waals surface area contributed by atoms with Crippen molar-refractivity contribution < 1.29 is 0 Å². The summed E-state index contributed by atoms with van der Waals surface area (Å²) in [5.74, 6) is 1.28. The molecule has 0 N–H and O–H groups in total. The standard InChI is InChI=1S/C18H15ClN4O/c1-3-15-20-21-18-22(15)13-9-5-4-8-12(13)17(24)23(18)14-10-6-7-11(2)16(14)19/h4-10H,3H2,1-2H3. The third-order valence-electron chi connectivity index (χ3n) is 4.22. The third-order valence-corrected chi connectivity index (χ3v) is 4.71. The Kier molecular flexibility index (Phi) is 3.39. The van der Waals surface area contributed by atoms with Gasteiger partial charge in [-0.2, -0.15) is 0 Å². The van der Waals surface area contributed by atoms with Crippen molar-refractivity contribution in [2.24, 2.45) is 0 Å². The van der Waals surface area contributed by atoms with E-state index in [1.807, 2.05) is 60.7 Å². The van der Waals surface area contributed by atoms with Crippen molar-refractivity contribution in [3.05, 3.63) is 69.2 Å². The van der Waals surface area contributed by atoms with Crippen molar-refractivity contribution in [1.82, 2.24) is 19.2 Å². The average molecular weight is 339 g/mol. The Labute approximate surface area is 143 Å². The fourth-order valence-electron chi connectivity index (χ4n) is 3.01. The van der Waals surface area contributed by atoms with Gasteiger partial charge >= 0.3 is 0 Å². The molecule has 24 heavy (non-hydrogen) atoms. The molecule has 0 aliphatic heterocycles. The van der Waals surface area contributed by atoms with E-state index in [0.717, 1.165) is 16.9 Å². The lowest BCUT2D eigenvalue weighted by atomic mass is 10.2. The minimum atomic E-state index is -0.152. The summed E-state index contributed by atoms with van der Waals surface area (Å²) in [6.07, 6.45) is 0.713. The molecule has 2 aromatic heterocycles. The SMILES string of the molecule is CCc1nnc2n(-c3cccc(C)c3Cl)c(=O)c3ccccc3n12. The summed E-state index contributed by atoms with van der Waals surface area (Å²) in [6, 6.07) is 13.1. The first-order valence-electron chi connectivity index (χ1n) is 7.76. The molecule has 0 aliphatic rings. The summed E-state index contributed by atoms with van der Waals surface area (Å²) in [7, 11) is 0. The average Bonchev–Trinajstić information content (AvgIpc) is 3.02. The number of halogens is 1. The number of nitrogens with zero attached hydrogens (tertiary/aromatic N) is 4. The van der Waals surface area contributed by atoms with Crippen molar-refractivity contribution >= 4 is 28.3 Å². The number of fused-ring (bicyclic) bond motifs is 3. The maximum absolute atomic E-state index is 13.1. The van der Waals surface area contributed by atoms with Gasteiger partial charge in [-0.3, -0.25) is 9.20 Å². The lowest BCUT2D eigenvalue weighted by Crippen LogP contribution is -2.22. The number of rotatable bonds is 2. The summed E-state index contributed by atoms with van der Waals surface area (Å²) in [5, 5.41) is 9.67. The number of hydrogen-bond donors (Lipinski definition) is 0. The molecule has 0 fully saturated rings. The van der Waals surface area contributed by atoms with Crippen LogP contribution in [-0.2, 0) is 6.42 Å². The summed E-state index contributed by atoms with van der Waals surface area (Å²) in [4.78, 5) is 13.1. The molecule has 6 heteroatoms. The molecule has 2 heterocycles. The number of benzene rings is 2. The summed E-state index contributed by atoms with van der Waals surface area (Å²) in [5.41, 5.74) is 2.18. The van der Waals surface area contributed by atoms with Crippen molar-refractivity contribution in [2.75, 3.05) is 0 Å². The van der Waals surface area contributed by atoms with Crippen LogP contribution in [0.5, 0.6) is 0 Å². The zero-order valence-corrected chi connectivity index (χ0v) is 14.1. The second-order valence-electron chi connectivity index (χ2n) is 5.67. The first-order valence-corrected chi connectivity index (χ1v) is 8.14. The van der Waals surface area contributed by atoms with E-state index in [4.69, 9.17) is 11.6 Å². The Bertz CT molecular complexity index is 1140. The molecule has 0 spiro atoms. The molecule has 0 radical (unpaired) electrons. The number of aromatic nitrogens is 4. The molecule has 0 saturated heterocycles. The Morgan fingerprint density at radius 3 is 2.67 bits per heavy atom. The molecule has 4 rings (SSSR count).